The van der Waals surface area contributed by atoms with Gasteiger partial charge in [-0.25, -0.2) is 4.39 Å². The number of hydrogen-bond acceptors (Lipinski definition) is 3. The van der Waals surface area contributed by atoms with E-state index in [0.29, 0.717) is 17.1 Å². The molecule has 1 rings (SSSR count). The summed E-state index contributed by atoms with van der Waals surface area (Å²) >= 11 is 1.34. The molecule has 0 spiro atoms. The predicted octanol–water partition coefficient (Wildman–Crippen LogP) is 2.65. The van der Waals surface area contributed by atoms with E-state index in [1.165, 1.54) is 17.8 Å². The number of halogens is 1. The van der Waals surface area contributed by atoms with Crippen LogP contribution in [-0.4, -0.2) is 18.8 Å². The van der Waals surface area contributed by atoms with Crippen LogP contribution in [0.4, 0.5) is 4.39 Å². The quantitative estimate of drug-likeness (QED) is 0.585. The summed E-state index contributed by atoms with van der Waals surface area (Å²) < 4.78 is 18.1. The molecule has 4 heteroatoms. The number of carbonyl (C=O) groups is 1. The lowest BCUT2D eigenvalue weighted by molar-refractivity contribution is -0.142. The van der Waals surface area contributed by atoms with Crippen LogP contribution in [0.3, 0.4) is 0 Å². The van der Waals surface area contributed by atoms with Gasteiger partial charge in [0.15, 0.2) is 0 Å². The molecule has 1 aromatic rings. The Morgan fingerprint density at radius 1 is 1.53 bits per heavy atom. The van der Waals surface area contributed by atoms with Gasteiger partial charge in [0.25, 0.3) is 0 Å². The van der Waals surface area contributed by atoms with Crippen molar-refractivity contribution in [1.82, 2.24) is 0 Å². The summed E-state index contributed by atoms with van der Waals surface area (Å²) in [6, 6.07) is 4.79. The van der Waals surface area contributed by atoms with Gasteiger partial charge in [0.1, 0.15) is 5.82 Å². The molecule has 0 aliphatic heterocycles. The standard InChI is InChI=1S/C11H13FO2S/c1-3-14-11(13)7-8-4-5-10(15-2)9(12)6-8/h4-6H,3,7H2,1-2H3. The van der Waals surface area contributed by atoms with Gasteiger partial charge in [-0.1, -0.05) is 6.07 Å². The number of hydrogen-bond donors (Lipinski definition) is 0. The third-order valence-corrected chi connectivity index (χ3v) is 2.64. The molecule has 0 N–H and O–H groups in total. The number of esters is 1. The molecular weight excluding hydrogens is 215 g/mol. The third-order valence-electron chi connectivity index (χ3n) is 1.87. The van der Waals surface area contributed by atoms with Crippen molar-refractivity contribution in [3.8, 4) is 0 Å². The van der Waals surface area contributed by atoms with E-state index >= 15 is 0 Å². The molecule has 0 radical (unpaired) electrons. The Morgan fingerprint density at radius 3 is 2.80 bits per heavy atom. The summed E-state index contributed by atoms with van der Waals surface area (Å²) in [6.07, 6.45) is 1.93. The van der Waals surface area contributed by atoms with Crippen LogP contribution < -0.4 is 0 Å². The number of ether oxygens (including phenoxy) is 1. The van der Waals surface area contributed by atoms with E-state index in [1.807, 2.05) is 6.26 Å². The van der Waals surface area contributed by atoms with E-state index in [1.54, 1.807) is 19.1 Å². The van der Waals surface area contributed by atoms with Gasteiger partial charge in [0.05, 0.1) is 13.0 Å². The van der Waals surface area contributed by atoms with E-state index in [0.717, 1.165) is 0 Å². The van der Waals surface area contributed by atoms with Gasteiger partial charge in [-0.15, -0.1) is 11.8 Å². The number of benzene rings is 1. The zero-order chi connectivity index (χ0) is 11.3. The topological polar surface area (TPSA) is 26.3 Å². The summed E-state index contributed by atoms with van der Waals surface area (Å²) in [5.41, 5.74) is 0.642. The first-order chi connectivity index (χ1) is 7.17. The molecule has 0 atom stereocenters. The third kappa shape index (κ3) is 3.55. The first kappa shape index (κ1) is 12.0. The average Bonchev–Trinajstić information content (AvgIpc) is 2.18. The molecule has 0 saturated heterocycles. The number of thioether (sulfide) groups is 1. The lowest BCUT2D eigenvalue weighted by Crippen LogP contribution is -2.07. The van der Waals surface area contributed by atoms with Crippen molar-refractivity contribution in [2.75, 3.05) is 12.9 Å². The Morgan fingerprint density at radius 2 is 2.27 bits per heavy atom. The Bertz CT molecular complexity index is 352. The second-order valence-corrected chi connectivity index (χ2v) is 3.80. The van der Waals surface area contributed by atoms with Crippen molar-refractivity contribution in [2.24, 2.45) is 0 Å². The van der Waals surface area contributed by atoms with Crippen molar-refractivity contribution in [3.05, 3.63) is 29.6 Å². The van der Waals surface area contributed by atoms with Gasteiger partial charge in [0.2, 0.25) is 0 Å². The zero-order valence-electron chi connectivity index (χ0n) is 8.75. The Hall–Kier alpha value is -1.03. The minimum Gasteiger partial charge on any atom is -0.466 e. The molecule has 1 aromatic carbocycles. The molecule has 0 saturated carbocycles. The Kier molecular flexibility index (Phi) is 4.62. The summed E-state index contributed by atoms with van der Waals surface area (Å²) in [5.74, 6) is -0.613. The summed E-state index contributed by atoms with van der Waals surface area (Å²) in [7, 11) is 0. The maximum Gasteiger partial charge on any atom is 0.310 e. The molecular formula is C11H13FO2S. The first-order valence-electron chi connectivity index (χ1n) is 4.65. The van der Waals surface area contributed by atoms with Crippen LogP contribution >= 0.6 is 11.8 Å². The van der Waals surface area contributed by atoms with Crippen LogP contribution in [0.1, 0.15) is 12.5 Å². The average molecular weight is 228 g/mol. The van der Waals surface area contributed by atoms with Crippen LogP contribution in [0.25, 0.3) is 0 Å². The number of rotatable bonds is 4. The van der Waals surface area contributed by atoms with E-state index in [4.69, 9.17) is 4.74 Å². The molecule has 0 heterocycles. The normalized spacial score (nSPS) is 10.1. The molecule has 0 aliphatic rings. The molecule has 82 valence electrons. The van der Waals surface area contributed by atoms with E-state index in [2.05, 4.69) is 0 Å². The fourth-order valence-electron chi connectivity index (χ4n) is 1.20. The maximum absolute atomic E-state index is 13.3. The highest BCUT2D eigenvalue weighted by Gasteiger charge is 2.07. The van der Waals surface area contributed by atoms with Gasteiger partial charge in [0, 0.05) is 4.90 Å². The van der Waals surface area contributed by atoms with Gasteiger partial charge in [-0.3, -0.25) is 4.79 Å². The van der Waals surface area contributed by atoms with Gasteiger partial charge in [-0.05, 0) is 30.9 Å². The first-order valence-corrected chi connectivity index (χ1v) is 5.88. The summed E-state index contributed by atoms with van der Waals surface area (Å²) in [6.45, 7) is 2.10. The van der Waals surface area contributed by atoms with Crippen LogP contribution in [0.2, 0.25) is 0 Å². The fourth-order valence-corrected chi connectivity index (χ4v) is 1.66. The monoisotopic (exact) mass is 228 g/mol. The van der Waals surface area contributed by atoms with Crippen LogP contribution in [0, 0.1) is 5.82 Å². The lowest BCUT2D eigenvalue weighted by Gasteiger charge is -2.04. The molecule has 0 unspecified atom stereocenters. The Labute approximate surface area is 92.8 Å². The minimum absolute atomic E-state index is 0.124. The van der Waals surface area contributed by atoms with E-state index < -0.39 is 0 Å². The van der Waals surface area contributed by atoms with Gasteiger partial charge < -0.3 is 4.74 Å². The highest BCUT2D eigenvalue weighted by atomic mass is 32.2. The molecule has 0 bridgehead atoms. The predicted molar refractivity (Wildman–Crippen MR) is 58.5 cm³/mol. The van der Waals surface area contributed by atoms with Gasteiger partial charge in [-0.2, -0.15) is 0 Å². The fraction of sp³-hybridized carbons (Fsp3) is 0.364. The maximum atomic E-state index is 13.3. The lowest BCUT2D eigenvalue weighted by atomic mass is 10.1. The molecule has 0 fully saturated rings. The second-order valence-electron chi connectivity index (χ2n) is 2.95. The minimum atomic E-state index is -0.325. The Balaban J connectivity index is 2.71. The highest BCUT2D eigenvalue weighted by Crippen LogP contribution is 2.20. The summed E-state index contributed by atoms with van der Waals surface area (Å²) in [4.78, 5) is 11.7. The smallest absolute Gasteiger partial charge is 0.310 e. The SMILES string of the molecule is CCOC(=O)Cc1ccc(SC)c(F)c1. The summed E-state index contributed by atoms with van der Waals surface area (Å²) in [5, 5.41) is 0. The zero-order valence-corrected chi connectivity index (χ0v) is 9.57. The largest absolute Gasteiger partial charge is 0.466 e. The molecule has 2 nitrogen and oxygen atoms in total. The highest BCUT2D eigenvalue weighted by molar-refractivity contribution is 7.98. The van der Waals surface area contributed by atoms with Crippen LogP contribution in [0.15, 0.2) is 23.1 Å². The second kappa shape index (κ2) is 5.75. The van der Waals surface area contributed by atoms with Crippen molar-refractivity contribution in [3.63, 3.8) is 0 Å². The van der Waals surface area contributed by atoms with Crippen molar-refractivity contribution >= 4 is 17.7 Å². The molecule has 0 aromatic heterocycles. The van der Waals surface area contributed by atoms with Crippen molar-refractivity contribution in [2.45, 2.75) is 18.2 Å². The molecule has 15 heavy (non-hydrogen) atoms. The van der Waals surface area contributed by atoms with Crippen molar-refractivity contribution in [1.29, 1.82) is 0 Å². The molecule has 0 aliphatic carbocycles. The molecule has 0 amide bonds. The van der Waals surface area contributed by atoms with Gasteiger partial charge >= 0.3 is 5.97 Å². The van der Waals surface area contributed by atoms with Crippen LogP contribution in [0.5, 0.6) is 0 Å². The van der Waals surface area contributed by atoms with Crippen LogP contribution in [-0.2, 0) is 16.0 Å². The van der Waals surface area contributed by atoms with E-state index in [9.17, 15) is 9.18 Å². The van der Waals surface area contributed by atoms with Crippen molar-refractivity contribution < 1.29 is 13.9 Å². The number of carbonyl (C=O) groups excluding carboxylic acids is 1. The van der Waals surface area contributed by atoms with E-state index in [-0.39, 0.29) is 18.2 Å².